The number of unbranched alkanes of at least 4 members (excludes halogenated alkanes) is 1. The predicted molar refractivity (Wildman–Crippen MR) is 105 cm³/mol. The highest BCUT2D eigenvalue weighted by molar-refractivity contribution is 9.10. The van der Waals surface area contributed by atoms with E-state index in [1.54, 1.807) is 0 Å². The van der Waals surface area contributed by atoms with Gasteiger partial charge in [0.25, 0.3) is 0 Å². The zero-order valence-corrected chi connectivity index (χ0v) is 16.7. The van der Waals surface area contributed by atoms with Gasteiger partial charge in [-0.05, 0) is 50.3 Å². The molecule has 6 heteroatoms. The molecule has 0 saturated heterocycles. The number of carbonyl (C=O) groups is 1. The van der Waals surface area contributed by atoms with Crippen LogP contribution in [0.3, 0.4) is 0 Å². The third-order valence-electron chi connectivity index (χ3n) is 4.50. The number of hydrogen-bond donors (Lipinski definition) is 2. The maximum Gasteiger partial charge on any atom is 0.305 e. The molecule has 0 radical (unpaired) electrons. The van der Waals surface area contributed by atoms with E-state index < -0.39 is 0 Å². The van der Waals surface area contributed by atoms with Crippen LogP contribution in [-0.4, -0.2) is 38.7 Å². The summed E-state index contributed by atoms with van der Waals surface area (Å²) in [5.74, 6) is 0.701. The van der Waals surface area contributed by atoms with Gasteiger partial charge in [-0.3, -0.25) is 9.79 Å². The lowest BCUT2D eigenvalue weighted by atomic mass is 9.96. The average molecular weight is 410 g/mol. The molecule has 0 unspecified atom stereocenters. The first-order valence-corrected chi connectivity index (χ1v) is 9.74. The monoisotopic (exact) mass is 409 g/mol. The molecule has 138 valence electrons. The Labute approximate surface area is 158 Å². The van der Waals surface area contributed by atoms with Crippen LogP contribution in [0.2, 0.25) is 0 Å². The van der Waals surface area contributed by atoms with E-state index >= 15 is 0 Å². The lowest BCUT2D eigenvalue weighted by Crippen LogP contribution is -2.38. The molecule has 0 atom stereocenters. The summed E-state index contributed by atoms with van der Waals surface area (Å²) in [6.07, 6.45) is 4.58. The molecule has 2 N–H and O–H groups in total. The van der Waals surface area contributed by atoms with Gasteiger partial charge in [0.1, 0.15) is 0 Å². The van der Waals surface area contributed by atoms with Crippen molar-refractivity contribution in [2.45, 2.75) is 44.4 Å². The number of carbonyl (C=O) groups excluding carboxylic acids is 1. The molecule has 0 heterocycles. The van der Waals surface area contributed by atoms with Gasteiger partial charge in [0.05, 0.1) is 13.7 Å². The summed E-state index contributed by atoms with van der Waals surface area (Å²) in [6, 6.07) is 8.55. The minimum atomic E-state index is -0.148. The summed E-state index contributed by atoms with van der Waals surface area (Å²) in [5, 5.41) is 6.65. The van der Waals surface area contributed by atoms with Crippen LogP contribution in [0.4, 0.5) is 0 Å². The van der Waals surface area contributed by atoms with Crippen LogP contribution in [0.25, 0.3) is 0 Å². The minimum absolute atomic E-state index is 0.148. The third-order valence-corrected chi connectivity index (χ3v) is 5.00. The number of hydrogen-bond acceptors (Lipinski definition) is 3. The fourth-order valence-electron chi connectivity index (χ4n) is 2.78. The topological polar surface area (TPSA) is 62.7 Å². The molecule has 1 aromatic rings. The van der Waals surface area contributed by atoms with Gasteiger partial charge in [0.15, 0.2) is 5.96 Å². The summed E-state index contributed by atoms with van der Waals surface area (Å²) < 4.78 is 5.77. The summed E-state index contributed by atoms with van der Waals surface area (Å²) in [6.45, 7) is 4.49. The van der Waals surface area contributed by atoms with Crippen molar-refractivity contribution in [3.63, 3.8) is 0 Å². The highest BCUT2D eigenvalue weighted by Crippen LogP contribution is 2.48. The van der Waals surface area contributed by atoms with Crippen molar-refractivity contribution in [3.8, 4) is 0 Å². The van der Waals surface area contributed by atoms with E-state index in [9.17, 15) is 4.79 Å². The van der Waals surface area contributed by atoms with E-state index in [1.807, 2.05) is 0 Å². The predicted octanol–water partition coefficient (Wildman–Crippen LogP) is 3.38. The second-order valence-electron chi connectivity index (χ2n) is 6.45. The first-order valence-electron chi connectivity index (χ1n) is 8.95. The minimum Gasteiger partial charge on any atom is -0.469 e. The number of nitrogens with one attached hydrogen (secondary N) is 2. The van der Waals surface area contributed by atoms with Crippen LogP contribution in [-0.2, 0) is 14.9 Å². The molecule has 0 bridgehead atoms. The second-order valence-corrected chi connectivity index (χ2v) is 7.36. The molecular weight excluding hydrogens is 382 g/mol. The highest BCUT2D eigenvalue weighted by atomic mass is 79.9. The Morgan fingerprint density at radius 2 is 2.12 bits per heavy atom. The van der Waals surface area contributed by atoms with Crippen molar-refractivity contribution in [2.75, 3.05) is 26.7 Å². The lowest BCUT2D eigenvalue weighted by Gasteiger charge is -2.16. The molecule has 0 aliphatic heterocycles. The van der Waals surface area contributed by atoms with Crippen molar-refractivity contribution in [3.05, 3.63) is 34.3 Å². The first kappa shape index (κ1) is 19.8. The van der Waals surface area contributed by atoms with Crippen molar-refractivity contribution in [1.29, 1.82) is 0 Å². The standard InChI is InChI=1S/C19H28BrN3O2/c1-3-21-18(22-12-5-4-9-17(24)25-2)23-14-19(10-11-19)15-7-6-8-16(20)13-15/h6-8,13H,3-5,9-12,14H2,1-2H3,(H2,21,22,23). The Hall–Kier alpha value is -1.56. The fourth-order valence-corrected chi connectivity index (χ4v) is 3.18. The van der Waals surface area contributed by atoms with Crippen LogP contribution < -0.4 is 10.6 Å². The molecule has 25 heavy (non-hydrogen) atoms. The van der Waals surface area contributed by atoms with Crippen LogP contribution >= 0.6 is 15.9 Å². The van der Waals surface area contributed by atoms with Gasteiger partial charge in [-0.25, -0.2) is 0 Å². The number of nitrogens with zero attached hydrogens (tertiary/aromatic N) is 1. The van der Waals surface area contributed by atoms with E-state index in [1.165, 1.54) is 25.5 Å². The highest BCUT2D eigenvalue weighted by Gasteiger charge is 2.44. The van der Waals surface area contributed by atoms with E-state index in [2.05, 4.69) is 62.5 Å². The smallest absolute Gasteiger partial charge is 0.305 e. The SMILES string of the molecule is CCNC(=NCC1(c2cccc(Br)c2)CC1)NCCCCC(=O)OC. The molecule has 0 amide bonds. The Bertz CT molecular complexity index is 600. The summed E-state index contributed by atoms with van der Waals surface area (Å²) >= 11 is 3.56. The maximum absolute atomic E-state index is 11.1. The largest absolute Gasteiger partial charge is 0.469 e. The molecule has 1 aromatic carbocycles. The molecule has 1 fully saturated rings. The Balaban J connectivity index is 1.84. The van der Waals surface area contributed by atoms with Crippen molar-refractivity contribution < 1.29 is 9.53 Å². The van der Waals surface area contributed by atoms with Crippen LogP contribution in [0.1, 0.15) is 44.6 Å². The van der Waals surface area contributed by atoms with Gasteiger partial charge in [-0.2, -0.15) is 0 Å². The normalized spacial score (nSPS) is 15.6. The Morgan fingerprint density at radius 3 is 2.76 bits per heavy atom. The summed E-state index contributed by atoms with van der Waals surface area (Å²) in [7, 11) is 1.43. The van der Waals surface area contributed by atoms with Gasteiger partial charge in [0.2, 0.25) is 0 Å². The number of methoxy groups -OCH3 is 1. The third kappa shape index (κ3) is 6.34. The number of esters is 1. The molecule has 1 saturated carbocycles. The van der Waals surface area contributed by atoms with Crippen LogP contribution in [0, 0.1) is 0 Å². The van der Waals surface area contributed by atoms with Crippen molar-refractivity contribution in [1.82, 2.24) is 10.6 Å². The molecule has 1 aliphatic rings. The zero-order chi connectivity index (χ0) is 18.1. The first-order chi connectivity index (χ1) is 12.1. The Morgan fingerprint density at radius 1 is 1.32 bits per heavy atom. The van der Waals surface area contributed by atoms with Gasteiger partial charge in [0, 0.05) is 29.4 Å². The second kappa shape index (κ2) is 9.80. The number of halogens is 1. The lowest BCUT2D eigenvalue weighted by molar-refractivity contribution is -0.140. The van der Waals surface area contributed by atoms with Crippen LogP contribution in [0.5, 0.6) is 0 Å². The van der Waals surface area contributed by atoms with E-state index in [-0.39, 0.29) is 11.4 Å². The summed E-state index contributed by atoms with van der Waals surface area (Å²) in [4.78, 5) is 15.9. The van der Waals surface area contributed by atoms with E-state index in [0.29, 0.717) is 6.42 Å². The number of rotatable bonds is 9. The maximum atomic E-state index is 11.1. The number of ether oxygens (including phenoxy) is 1. The van der Waals surface area contributed by atoms with Gasteiger partial charge < -0.3 is 15.4 Å². The average Bonchev–Trinajstić information content (AvgIpc) is 3.40. The number of guanidine groups is 1. The molecule has 2 rings (SSSR count). The van der Waals surface area contributed by atoms with Crippen molar-refractivity contribution >= 4 is 27.9 Å². The van der Waals surface area contributed by atoms with E-state index in [4.69, 9.17) is 4.99 Å². The quantitative estimate of drug-likeness (QED) is 0.284. The van der Waals surface area contributed by atoms with Gasteiger partial charge >= 0.3 is 5.97 Å². The number of benzene rings is 1. The fraction of sp³-hybridized carbons (Fsp3) is 0.579. The van der Waals surface area contributed by atoms with Crippen LogP contribution in [0.15, 0.2) is 33.7 Å². The van der Waals surface area contributed by atoms with Crippen molar-refractivity contribution in [2.24, 2.45) is 4.99 Å². The number of aliphatic imine (C=N–C) groups is 1. The molecule has 5 nitrogen and oxygen atoms in total. The molecular formula is C19H28BrN3O2. The van der Waals surface area contributed by atoms with E-state index in [0.717, 1.165) is 42.9 Å². The molecule has 1 aliphatic carbocycles. The Kier molecular flexibility index (Phi) is 7.75. The van der Waals surface area contributed by atoms with Gasteiger partial charge in [-0.15, -0.1) is 0 Å². The molecule has 0 aromatic heterocycles. The molecule has 0 spiro atoms. The zero-order valence-electron chi connectivity index (χ0n) is 15.1. The van der Waals surface area contributed by atoms with Gasteiger partial charge in [-0.1, -0.05) is 28.1 Å². The summed E-state index contributed by atoms with van der Waals surface area (Å²) in [5.41, 5.74) is 1.55.